The summed E-state index contributed by atoms with van der Waals surface area (Å²) in [5.41, 5.74) is 3.22. The van der Waals surface area contributed by atoms with Crippen LogP contribution in [0.25, 0.3) is 11.4 Å². The van der Waals surface area contributed by atoms with Crippen molar-refractivity contribution in [2.24, 2.45) is 0 Å². The molecule has 0 bridgehead atoms. The second kappa shape index (κ2) is 8.36. The van der Waals surface area contributed by atoms with Crippen molar-refractivity contribution in [3.63, 3.8) is 0 Å². The van der Waals surface area contributed by atoms with Crippen molar-refractivity contribution in [1.29, 1.82) is 0 Å². The fraction of sp³-hybridized carbons (Fsp3) is 0.273. The van der Waals surface area contributed by atoms with E-state index in [4.69, 9.17) is 9.26 Å². The number of ether oxygens (including phenoxy) is 1. The third-order valence-corrected chi connectivity index (χ3v) is 4.85. The van der Waals surface area contributed by atoms with Crippen LogP contribution in [-0.4, -0.2) is 28.1 Å². The molecule has 2 heterocycles. The van der Waals surface area contributed by atoms with Gasteiger partial charge < -0.3 is 19.9 Å². The largest absolute Gasteiger partial charge is 0.479 e. The van der Waals surface area contributed by atoms with Crippen molar-refractivity contribution in [3.8, 4) is 17.1 Å². The molecule has 1 aliphatic heterocycles. The number of aryl methyl sites for hydroxylation is 2. The van der Waals surface area contributed by atoms with E-state index >= 15 is 0 Å². The Balaban J connectivity index is 1.34. The average molecular weight is 406 g/mol. The second-order valence-electron chi connectivity index (χ2n) is 7.07. The van der Waals surface area contributed by atoms with Crippen molar-refractivity contribution in [2.45, 2.75) is 39.2 Å². The zero-order valence-corrected chi connectivity index (χ0v) is 16.8. The molecule has 0 saturated heterocycles. The van der Waals surface area contributed by atoms with E-state index < -0.39 is 6.10 Å². The molecule has 2 N–H and O–H groups in total. The van der Waals surface area contributed by atoms with Crippen molar-refractivity contribution >= 4 is 23.2 Å². The number of nitrogens with one attached hydrogen (secondary N) is 2. The number of nitrogens with zero attached hydrogens (tertiary/aromatic N) is 2. The molecule has 4 rings (SSSR count). The number of benzene rings is 2. The van der Waals surface area contributed by atoms with Gasteiger partial charge in [-0.05, 0) is 37.1 Å². The minimum Gasteiger partial charge on any atom is -0.479 e. The van der Waals surface area contributed by atoms with Gasteiger partial charge in [-0.2, -0.15) is 4.98 Å². The predicted octanol–water partition coefficient (Wildman–Crippen LogP) is 3.59. The molecule has 1 aliphatic rings. The van der Waals surface area contributed by atoms with Crippen LogP contribution in [0.1, 0.15) is 31.7 Å². The van der Waals surface area contributed by atoms with Gasteiger partial charge in [-0.3, -0.25) is 9.59 Å². The van der Waals surface area contributed by atoms with Gasteiger partial charge in [-0.25, -0.2) is 0 Å². The van der Waals surface area contributed by atoms with Crippen molar-refractivity contribution < 1.29 is 18.8 Å². The Morgan fingerprint density at radius 1 is 1.20 bits per heavy atom. The van der Waals surface area contributed by atoms with Gasteiger partial charge in [0.2, 0.25) is 17.6 Å². The summed E-state index contributed by atoms with van der Waals surface area (Å²) < 4.78 is 10.8. The molecular weight excluding hydrogens is 384 g/mol. The molecule has 8 heteroatoms. The van der Waals surface area contributed by atoms with E-state index in [1.165, 1.54) is 5.56 Å². The topological polar surface area (TPSA) is 106 Å². The number of carbonyl (C=O) groups excluding carboxylic acids is 2. The second-order valence-corrected chi connectivity index (χ2v) is 7.07. The molecule has 2 aromatic carbocycles. The predicted molar refractivity (Wildman–Crippen MR) is 111 cm³/mol. The summed E-state index contributed by atoms with van der Waals surface area (Å²) in [6, 6.07) is 13.1. The van der Waals surface area contributed by atoms with Crippen molar-refractivity contribution in [3.05, 3.63) is 53.9 Å². The van der Waals surface area contributed by atoms with Crippen molar-refractivity contribution in [1.82, 2.24) is 10.1 Å². The first-order valence-corrected chi connectivity index (χ1v) is 9.85. The van der Waals surface area contributed by atoms with E-state index in [1.807, 2.05) is 24.3 Å². The maximum absolute atomic E-state index is 12.3. The normalized spacial score (nSPS) is 15.1. The molecule has 0 radical (unpaired) electrons. The monoisotopic (exact) mass is 406 g/mol. The first-order valence-electron chi connectivity index (χ1n) is 9.85. The molecule has 1 atom stereocenters. The van der Waals surface area contributed by atoms with Gasteiger partial charge in [0.25, 0.3) is 5.91 Å². The van der Waals surface area contributed by atoms with E-state index in [1.54, 1.807) is 25.1 Å². The smallest absolute Gasteiger partial charge is 0.265 e. The Hall–Kier alpha value is -3.68. The summed E-state index contributed by atoms with van der Waals surface area (Å²) in [6.07, 6.45) is 0.943. The van der Waals surface area contributed by atoms with E-state index in [9.17, 15) is 9.59 Å². The summed E-state index contributed by atoms with van der Waals surface area (Å²) in [6.45, 7) is 3.78. The van der Waals surface area contributed by atoms with Gasteiger partial charge in [0, 0.05) is 24.1 Å². The van der Waals surface area contributed by atoms with E-state index in [2.05, 4.69) is 27.7 Å². The van der Waals surface area contributed by atoms with Crippen LogP contribution in [0.3, 0.4) is 0 Å². The maximum Gasteiger partial charge on any atom is 0.265 e. The first-order chi connectivity index (χ1) is 14.5. The molecule has 3 aromatic rings. The minimum absolute atomic E-state index is 0.188. The highest BCUT2D eigenvalue weighted by Gasteiger charge is 2.23. The molecular formula is C22H22N4O4. The third kappa shape index (κ3) is 4.32. The number of hydrogen-bond acceptors (Lipinski definition) is 6. The molecule has 0 fully saturated rings. The molecule has 154 valence electrons. The Bertz CT molecular complexity index is 1070. The number of aromatic nitrogens is 2. The quantitative estimate of drug-likeness (QED) is 0.648. The molecule has 0 saturated carbocycles. The first kappa shape index (κ1) is 19.6. The fourth-order valence-electron chi connectivity index (χ4n) is 3.09. The lowest BCUT2D eigenvalue weighted by atomic mass is 10.1. The maximum atomic E-state index is 12.3. The van der Waals surface area contributed by atoms with E-state index in [0.717, 1.165) is 12.0 Å². The summed E-state index contributed by atoms with van der Waals surface area (Å²) in [7, 11) is 0. The van der Waals surface area contributed by atoms with Crippen LogP contribution in [0.5, 0.6) is 5.75 Å². The number of anilines is 2. The number of rotatable bonds is 6. The molecule has 0 aliphatic carbocycles. The summed E-state index contributed by atoms with van der Waals surface area (Å²) in [4.78, 5) is 28.4. The van der Waals surface area contributed by atoms with Crippen LogP contribution >= 0.6 is 0 Å². The van der Waals surface area contributed by atoms with Gasteiger partial charge in [0.15, 0.2) is 6.10 Å². The van der Waals surface area contributed by atoms with Gasteiger partial charge in [0.1, 0.15) is 5.75 Å². The Morgan fingerprint density at radius 2 is 2.00 bits per heavy atom. The molecule has 0 spiro atoms. The minimum atomic E-state index is -0.540. The lowest BCUT2D eigenvalue weighted by molar-refractivity contribution is -0.122. The van der Waals surface area contributed by atoms with Crippen LogP contribution in [0, 0.1) is 0 Å². The highest BCUT2D eigenvalue weighted by Crippen LogP contribution is 2.32. The van der Waals surface area contributed by atoms with Gasteiger partial charge in [0.05, 0.1) is 5.69 Å². The van der Waals surface area contributed by atoms with Crippen LogP contribution in [-0.2, 0) is 22.4 Å². The number of fused-ring (bicyclic) bond motifs is 1. The molecule has 30 heavy (non-hydrogen) atoms. The van der Waals surface area contributed by atoms with E-state index in [-0.39, 0.29) is 18.2 Å². The number of carbonyl (C=O) groups is 2. The van der Waals surface area contributed by atoms with Crippen LogP contribution in [0.15, 0.2) is 47.0 Å². The van der Waals surface area contributed by atoms with Gasteiger partial charge in [-0.1, -0.05) is 36.3 Å². The summed E-state index contributed by atoms with van der Waals surface area (Å²) in [5, 5.41) is 9.56. The van der Waals surface area contributed by atoms with Gasteiger partial charge in [-0.15, -0.1) is 0 Å². The van der Waals surface area contributed by atoms with Crippen LogP contribution in [0.4, 0.5) is 11.4 Å². The molecule has 1 aromatic heterocycles. The summed E-state index contributed by atoms with van der Waals surface area (Å²) >= 11 is 0. The summed E-state index contributed by atoms with van der Waals surface area (Å²) in [5.74, 6) is 1.07. The standard InChI is InChI=1S/C22H22N4O4/c1-3-14-4-6-15(7-5-14)21-25-20(30-26-21)11-10-19(27)23-16-8-9-18-17(12-16)24-22(28)13(2)29-18/h4-9,12-13H,3,10-11H2,1-2H3,(H,23,27)(H,24,28). The van der Waals surface area contributed by atoms with E-state index in [0.29, 0.717) is 35.3 Å². The van der Waals surface area contributed by atoms with Gasteiger partial charge >= 0.3 is 0 Å². The van der Waals surface area contributed by atoms with Crippen LogP contribution < -0.4 is 15.4 Å². The van der Waals surface area contributed by atoms with Crippen LogP contribution in [0.2, 0.25) is 0 Å². The zero-order valence-electron chi connectivity index (χ0n) is 16.8. The SMILES string of the molecule is CCc1ccc(-c2noc(CCC(=O)Nc3ccc4c(c3)NC(=O)C(C)O4)n2)cc1. The molecule has 2 amide bonds. The molecule has 8 nitrogen and oxygen atoms in total. The number of hydrogen-bond donors (Lipinski definition) is 2. The van der Waals surface area contributed by atoms with Crippen molar-refractivity contribution in [2.75, 3.05) is 10.6 Å². The molecule has 1 unspecified atom stereocenters. The zero-order chi connectivity index (χ0) is 21.1. The fourth-order valence-corrected chi connectivity index (χ4v) is 3.09. The third-order valence-electron chi connectivity index (χ3n) is 4.85. The lowest BCUT2D eigenvalue weighted by Gasteiger charge is -2.23. The number of amides is 2. The highest BCUT2D eigenvalue weighted by atomic mass is 16.5. The Kier molecular flexibility index (Phi) is 5.47. The average Bonchev–Trinajstić information content (AvgIpc) is 3.22. The highest BCUT2D eigenvalue weighted by molar-refractivity contribution is 5.99. The lowest BCUT2D eigenvalue weighted by Crippen LogP contribution is -2.34. The Morgan fingerprint density at radius 3 is 2.77 bits per heavy atom. The Labute approximate surface area is 173 Å².